The molecule has 0 aliphatic heterocycles. The molecule has 2 aromatic carbocycles. The van der Waals surface area contributed by atoms with Crippen LogP contribution in [0.25, 0.3) is 10.8 Å². The zero-order valence-electron chi connectivity index (χ0n) is 10.0. The molecule has 0 N–H and O–H groups in total. The van der Waals surface area contributed by atoms with Gasteiger partial charge in [0, 0.05) is 0 Å². The molecule has 2 rings (SSSR count). The van der Waals surface area contributed by atoms with E-state index in [1.54, 1.807) is 19.1 Å². The van der Waals surface area contributed by atoms with E-state index in [2.05, 4.69) is 0 Å². The van der Waals surface area contributed by atoms with Gasteiger partial charge in [-0.05, 0) is 36.2 Å². The minimum Gasteiger partial charge on any atom is -0.744 e. The summed E-state index contributed by atoms with van der Waals surface area (Å²) >= 11 is 0. The molecule has 2 aromatic rings. The summed E-state index contributed by atoms with van der Waals surface area (Å²) in [6.45, 7) is 3.70. The third-order valence-electron chi connectivity index (χ3n) is 2.48. The molecular formula is C12H11KO3S. The van der Waals surface area contributed by atoms with E-state index in [4.69, 9.17) is 0 Å². The second-order valence-electron chi connectivity index (χ2n) is 3.94. The van der Waals surface area contributed by atoms with Crippen LogP contribution in [-0.4, -0.2) is 13.0 Å². The Balaban J connectivity index is 0.00000144. The fraction of sp³-hybridized carbons (Fsp3) is 0.167. The van der Waals surface area contributed by atoms with Gasteiger partial charge in [0.25, 0.3) is 0 Å². The van der Waals surface area contributed by atoms with Crippen LogP contribution in [-0.2, 0) is 10.1 Å². The molecule has 0 saturated carbocycles. The molecule has 0 atom stereocenters. The van der Waals surface area contributed by atoms with Gasteiger partial charge in [0.2, 0.25) is 0 Å². The average Bonchev–Trinajstić information content (AvgIpc) is 2.14. The van der Waals surface area contributed by atoms with Crippen LogP contribution >= 0.6 is 0 Å². The van der Waals surface area contributed by atoms with Gasteiger partial charge in [0.1, 0.15) is 10.1 Å². The standard InChI is InChI=1S/C12H12O3S.K/c1-8-3-4-11-10(5-8)6-9(2)7-12(11)16(13,14)15;/h3-7H,1-2H3,(H,13,14,15);/q;+1/p-1. The Kier molecular flexibility index (Phi) is 4.94. The first-order valence-corrected chi connectivity index (χ1v) is 6.26. The number of hydrogen-bond donors (Lipinski definition) is 0. The first-order chi connectivity index (χ1) is 7.38. The zero-order chi connectivity index (χ0) is 11.9. The number of aryl methyl sites for hydroxylation is 2. The predicted octanol–water partition coefficient (Wildman–Crippen LogP) is -0.635. The zero-order valence-corrected chi connectivity index (χ0v) is 14.0. The van der Waals surface area contributed by atoms with E-state index < -0.39 is 10.1 Å². The summed E-state index contributed by atoms with van der Waals surface area (Å²) in [7, 11) is -4.41. The fourth-order valence-corrected chi connectivity index (χ4v) is 2.59. The molecule has 5 heteroatoms. The van der Waals surface area contributed by atoms with Crippen LogP contribution in [0.3, 0.4) is 0 Å². The summed E-state index contributed by atoms with van der Waals surface area (Å²) in [5.74, 6) is 0. The van der Waals surface area contributed by atoms with Gasteiger partial charge < -0.3 is 4.55 Å². The van der Waals surface area contributed by atoms with Crippen LogP contribution in [0.4, 0.5) is 0 Å². The van der Waals surface area contributed by atoms with Crippen LogP contribution in [0, 0.1) is 13.8 Å². The molecule has 0 amide bonds. The predicted molar refractivity (Wildman–Crippen MR) is 61.4 cm³/mol. The third kappa shape index (κ3) is 3.38. The smallest absolute Gasteiger partial charge is 0.744 e. The van der Waals surface area contributed by atoms with E-state index in [0.29, 0.717) is 5.39 Å². The molecule has 0 bridgehead atoms. The van der Waals surface area contributed by atoms with E-state index >= 15 is 0 Å². The molecular weight excluding hydrogens is 263 g/mol. The van der Waals surface area contributed by atoms with Crippen molar-refractivity contribution in [2.75, 3.05) is 0 Å². The van der Waals surface area contributed by atoms with E-state index in [0.717, 1.165) is 16.5 Å². The molecule has 0 radical (unpaired) electrons. The van der Waals surface area contributed by atoms with Crippen molar-refractivity contribution in [3.8, 4) is 0 Å². The second kappa shape index (κ2) is 5.48. The molecule has 3 nitrogen and oxygen atoms in total. The number of hydrogen-bond acceptors (Lipinski definition) is 3. The molecule has 0 fully saturated rings. The van der Waals surface area contributed by atoms with Crippen molar-refractivity contribution in [2.24, 2.45) is 0 Å². The molecule has 0 spiro atoms. The summed E-state index contributed by atoms with van der Waals surface area (Å²) in [6, 6.07) is 8.63. The maximum absolute atomic E-state index is 11.1. The summed E-state index contributed by atoms with van der Waals surface area (Å²) < 4.78 is 33.4. The first-order valence-electron chi connectivity index (χ1n) is 4.85. The Morgan fingerprint density at radius 1 is 1.00 bits per heavy atom. The minimum atomic E-state index is -4.41. The largest absolute Gasteiger partial charge is 1.00 e. The molecule has 84 valence electrons. The average molecular weight is 274 g/mol. The van der Waals surface area contributed by atoms with Crippen LogP contribution in [0.15, 0.2) is 35.2 Å². The number of benzene rings is 2. The van der Waals surface area contributed by atoms with Gasteiger partial charge in [-0.25, -0.2) is 8.42 Å². The van der Waals surface area contributed by atoms with Crippen molar-refractivity contribution < 1.29 is 64.4 Å². The monoisotopic (exact) mass is 274 g/mol. The van der Waals surface area contributed by atoms with Crippen LogP contribution in [0.5, 0.6) is 0 Å². The van der Waals surface area contributed by atoms with Crippen molar-refractivity contribution in [3.63, 3.8) is 0 Å². The van der Waals surface area contributed by atoms with E-state index in [1.165, 1.54) is 6.07 Å². The van der Waals surface area contributed by atoms with Crippen LogP contribution < -0.4 is 51.4 Å². The summed E-state index contributed by atoms with van der Waals surface area (Å²) in [5, 5.41) is 1.28. The van der Waals surface area contributed by atoms with E-state index in [1.807, 2.05) is 19.1 Å². The van der Waals surface area contributed by atoms with Gasteiger partial charge in [-0.1, -0.05) is 29.8 Å². The SMILES string of the molecule is Cc1ccc2c(S(=O)(=O)[O-])cc(C)cc2c1.[K+]. The van der Waals surface area contributed by atoms with Crippen LogP contribution in [0.1, 0.15) is 11.1 Å². The van der Waals surface area contributed by atoms with Crippen molar-refractivity contribution in [1.82, 2.24) is 0 Å². The number of rotatable bonds is 1. The second-order valence-corrected chi connectivity index (χ2v) is 5.29. The van der Waals surface area contributed by atoms with Gasteiger partial charge >= 0.3 is 51.4 Å². The Morgan fingerprint density at radius 2 is 1.59 bits per heavy atom. The molecule has 0 saturated heterocycles. The summed E-state index contributed by atoms with van der Waals surface area (Å²) in [5.41, 5.74) is 1.81. The molecule has 0 aliphatic carbocycles. The summed E-state index contributed by atoms with van der Waals surface area (Å²) in [6.07, 6.45) is 0. The van der Waals surface area contributed by atoms with Crippen LogP contribution in [0.2, 0.25) is 0 Å². The quantitative estimate of drug-likeness (QED) is 0.514. The minimum absolute atomic E-state index is 0. The van der Waals surface area contributed by atoms with E-state index in [9.17, 15) is 13.0 Å². The normalized spacial score (nSPS) is 11.2. The van der Waals surface area contributed by atoms with Gasteiger partial charge in [-0.2, -0.15) is 0 Å². The van der Waals surface area contributed by atoms with Gasteiger partial charge in [0.15, 0.2) is 0 Å². The van der Waals surface area contributed by atoms with Crippen molar-refractivity contribution in [3.05, 3.63) is 41.5 Å². The fourth-order valence-electron chi connectivity index (χ4n) is 1.80. The van der Waals surface area contributed by atoms with Gasteiger partial charge in [-0.3, -0.25) is 0 Å². The Morgan fingerprint density at radius 3 is 2.18 bits per heavy atom. The van der Waals surface area contributed by atoms with Crippen molar-refractivity contribution in [2.45, 2.75) is 18.7 Å². The van der Waals surface area contributed by atoms with Gasteiger partial charge in [-0.15, -0.1) is 0 Å². The van der Waals surface area contributed by atoms with E-state index in [-0.39, 0.29) is 56.3 Å². The topological polar surface area (TPSA) is 57.2 Å². The number of fused-ring (bicyclic) bond motifs is 1. The molecule has 0 unspecified atom stereocenters. The Bertz CT molecular complexity index is 658. The third-order valence-corrected chi connectivity index (χ3v) is 3.36. The Hall–Kier alpha value is 0.246. The first kappa shape index (κ1) is 15.3. The maximum Gasteiger partial charge on any atom is 1.00 e. The molecule has 0 aliphatic rings. The molecule has 0 aromatic heterocycles. The van der Waals surface area contributed by atoms with Crippen molar-refractivity contribution in [1.29, 1.82) is 0 Å². The van der Waals surface area contributed by atoms with Crippen molar-refractivity contribution >= 4 is 20.9 Å². The Labute approximate surface area is 143 Å². The van der Waals surface area contributed by atoms with Gasteiger partial charge in [0.05, 0.1) is 4.90 Å². The summed E-state index contributed by atoms with van der Waals surface area (Å²) in [4.78, 5) is -0.137. The molecule has 17 heavy (non-hydrogen) atoms. The molecule has 0 heterocycles. The maximum atomic E-state index is 11.1.